The van der Waals surface area contributed by atoms with Crippen LogP contribution in [0.4, 0.5) is 11.4 Å². The number of non-ortho nitro benzene ring substituents is 1. The van der Waals surface area contributed by atoms with Gasteiger partial charge < -0.3 is 15.2 Å². The van der Waals surface area contributed by atoms with E-state index in [2.05, 4.69) is 21.2 Å². The molecule has 0 radical (unpaired) electrons. The molecule has 21 heavy (non-hydrogen) atoms. The van der Waals surface area contributed by atoms with Gasteiger partial charge in [0.25, 0.3) is 11.6 Å². The van der Waals surface area contributed by atoms with Crippen molar-refractivity contribution in [3.05, 3.63) is 32.8 Å². The van der Waals surface area contributed by atoms with Gasteiger partial charge in [0.1, 0.15) is 6.10 Å². The molecule has 1 aliphatic heterocycles. The number of carboxylic acids is 1. The highest BCUT2D eigenvalue weighted by Gasteiger charge is 2.34. The predicted molar refractivity (Wildman–Crippen MR) is 75.0 cm³/mol. The molecule has 0 saturated carbocycles. The topological polar surface area (TPSA) is 119 Å². The highest BCUT2D eigenvalue weighted by atomic mass is 79.9. The monoisotopic (exact) mass is 358 g/mol. The molecule has 0 bridgehead atoms. The minimum Gasteiger partial charge on any atom is -0.479 e. The van der Waals surface area contributed by atoms with Crippen molar-refractivity contribution in [2.75, 3.05) is 5.32 Å². The molecule has 2 atom stereocenters. The second-order valence-corrected chi connectivity index (χ2v) is 5.29. The van der Waals surface area contributed by atoms with Crippen LogP contribution in [0.1, 0.15) is 12.8 Å². The number of nitro groups is 1. The van der Waals surface area contributed by atoms with Gasteiger partial charge in [-0.1, -0.05) is 0 Å². The molecule has 0 spiro atoms. The lowest BCUT2D eigenvalue weighted by Crippen LogP contribution is -2.30. The molecule has 1 fully saturated rings. The minimum absolute atomic E-state index is 0.108. The molecule has 112 valence electrons. The van der Waals surface area contributed by atoms with Crippen molar-refractivity contribution in [3.8, 4) is 0 Å². The summed E-state index contributed by atoms with van der Waals surface area (Å²) in [4.78, 5) is 32.8. The van der Waals surface area contributed by atoms with Crippen LogP contribution in [-0.4, -0.2) is 34.1 Å². The molecule has 8 nitrogen and oxygen atoms in total. The summed E-state index contributed by atoms with van der Waals surface area (Å²) in [5.41, 5.74) is 0.246. The zero-order chi connectivity index (χ0) is 15.6. The number of nitrogens with one attached hydrogen (secondary N) is 1. The summed E-state index contributed by atoms with van der Waals surface area (Å²) in [6.07, 6.45) is -1.23. The van der Waals surface area contributed by atoms with Crippen molar-refractivity contribution in [3.63, 3.8) is 0 Å². The van der Waals surface area contributed by atoms with Crippen LogP contribution in [0.15, 0.2) is 22.7 Å². The van der Waals surface area contributed by atoms with Gasteiger partial charge >= 0.3 is 5.97 Å². The number of benzene rings is 1. The van der Waals surface area contributed by atoms with Gasteiger partial charge in [-0.3, -0.25) is 14.9 Å². The Morgan fingerprint density at radius 1 is 1.38 bits per heavy atom. The van der Waals surface area contributed by atoms with E-state index in [1.807, 2.05) is 0 Å². The maximum Gasteiger partial charge on any atom is 0.332 e. The lowest BCUT2D eigenvalue weighted by molar-refractivity contribution is -0.384. The fraction of sp³-hybridized carbons (Fsp3) is 0.333. The van der Waals surface area contributed by atoms with Gasteiger partial charge in [-0.2, -0.15) is 0 Å². The fourth-order valence-electron chi connectivity index (χ4n) is 1.94. The summed E-state index contributed by atoms with van der Waals surface area (Å²) in [6.45, 7) is 0. The number of hydrogen-bond donors (Lipinski definition) is 2. The SMILES string of the molecule is O=C(Nc1ccc([N+](=O)[O-])cc1Br)[C@@H]1CC[C@H](C(=O)O)O1. The Kier molecular flexibility index (Phi) is 4.53. The van der Waals surface area contributed by atoms with Crippen molar-refractivity contribution >= 4 is 39.2 Å². The number of rotatable bonds is 4. The summed E-state index contributed by atoms with van der Waals surface area (Å²) in [6, 6.07) is 3.92. The number of aliphatic carboxylic acids is 1. The Morgan fingerprint density at radius 2 is 2.05 bits per heavy atom. The molecule has 1 heterocycles. The lowest BCUT2D eigenvalue weighted by atomic mass is 10.2. The number of carboxylic acid groups (broad SMARTS) is 1. The average molecular weight is 359 g/mol. The summed E-state index contributed by atoms with van der Waals surface area (Å²) in [5.74, 6) is -1.57. The number of carbonyl (C=O) groups is 2. The van der Waals surface area contributed by atoms with Crippen LogP contribution in [-0.2, 0) is 14.3 Å². The van der Waals surface area contributed by atoms with Crippen molar-refractivity contribution < 1.29 is 24.4 Å². The van der Waals surface area contributed by atoms with Gasteiger partial charge in [0, 0.05) is 16.6 Å². The average Bonchev–Trinajstić information content (AvgIpc) is 2.90. The molecular formula is C12H11BrN2O6. The molecular weight excluding hydrogens is 348 g/mol. The van der Waals surface area contributed by atoms with Crippen LogP contribution in [0, 0.1) is 10.1 Å². The summed E-state index contributed by atoms with van der Waals surface area (Å²) in [7, 11) is 0. The fourth-order valence-corrected chi connectivity index (χ4v) is 2.41. The summed E-state index contributed by atoms with van der Waals surface area (Å²) in [5, 5.41) is 22.0. The molecule has 1 aromatic rings. The Morgan fingerprint density at radius 3 is 2.57 bits per heavy atom. The third-order valence-corrected chi connectivity index (χ3v) is 3.66. The molecule has 2 N–H and O–H groups in total. The number of ether oxygens (including phenoxy) is 1. The maximum atomic E-state index is 12.0. The number of carbonyl (C=O) groups excluding carboxylic acids is 1. The Hall–Kier alpha value is -2.00. The molecule has 2 rings (SSSR count). The molecule has 1 amide bonds. The van der Waals surface area contributed by atoms with E-state index in [9.17, 15) is 19.7 Å². The number of amides is 1. The van der Waals surface area contributed by atoms with E-state index in [1.54, 1.807) is 0 Å². The van der Waals surface area contributed by atoms with E-state index in [4.69, 9.17) is 9.84 Å². The Balaban J connectivity index is 2.03. The molecule has 9 heteroatoms. The third-order valence-electron chi connectivity index (χ3n) is 3.01. The van der Waals surface area contributed by atoms with E-state index < -0.39 is 29.0 Å². The zero-order valence-corrected chi connectivity index (χ0v) is 12.2. The first-order chi connectivity index (χ1) is 9.88. The number of anilines is 1. The van der Waals surface area contributed by atoms with E-state index in [0.29, 0.717) is 16.6 Å². The first-order valence-electron chi connectivity index (χ1n) is 6.01. The maximum absolute atomic E-state index is 12.0. The molecule has 1 aromatic carbocycles. The number of halogens is 1. The number of hydrogen-bond acceptors (Lipinski definition) is 5. The molecule has 1 aliphatic rings. The first kappa shape index (κ1) is 15.4. The highest BCUT2D eigenvalue weighted by Crippen LogP contribution is 2.28. The largest absolute Gasteiger partial charge is 0.479 e. The van der Waals surface area contributed by atoms with Crippen molar-refractivity contribution in [2.45, 2.75) is 25.0 Å². The summed E-state index contributed by atoms with van der Waals surface area (Å²) < 4.78 is 5.48. The smallest absolute Gasteiger partial charge is 0.332 e. The lowest BCUT2D eigenvalue weighted by Gasteiger charge is -2.12. The highest BCUT2D eigenvalue weighted by molar-refractivity contribution is 9.10. The van der Waals surface area contributed by atoms with Crippen LogP contribution in [0.3, 0.4) is 0 Å². The Bertz CT molecular complexity index is 605. The van der Waals surface area contributed by atoms with E-state index in [-0.39, 0.29) is 12.1 Å². The normalized spacial score (nSPS) is 21.0. The van der Waals surface area contributed by atoms with Crippen molar-refractivity contribution in [1.29, 1.82) is 0 Å². The van der Waals surface area contributed by atoms with Gasteiger partial charge in [-0.25, -0.2) is 4.79 Å². The molecule has 1 saturated heterocycles. The van der Waals surface area contributed by atoms with Gasteiger partial charge in [0.2, 0.25) is 0 Å². The number of nitro benzene ring substituents is 1. The van der Waals surface area contributed by atoms with Crippen LogP contribution in [0.25, 0.3) is 0 Å². The van der Waals surface area contributed by atoms with Crippen LogP contribution >= 0.6 is 15.9 Å². The first-order valence-corrected chi connectivity index (χ1v) is 6.81. The predicted octanol–water partition coefficient (Wildman–Crippen LogP) is 1.93. The van der Waals surface area contributed by atoms with Crippen LogP contribution < -0.4 is 5.32 Å². The molecule has 0 aliphatic carbocycles. The second-order valence-electron chi connectivity index (χ2n) is 4.44. The van der Waals surface area contributed by atoms with Crippen molar-refractivity contribution in [2.24, 2.45) is 0 Å². The van der Waals surface area contributed by atoms with Gasteiger partial charge in [0.05, 0.1) is 10.6 Å². The van der Waals surface area contributed by atoms with Crippen LogP contribution in [0.2, 0.25) is 0 Å². The van der Waals surface area contributed by atoms with Crippen LogP contribution in [0.5, 0.6) is 0 Å². The van der Waals surface area contributed by atoms with Gasteiger partial charge in [0.15, 0.2) is 6.10 Å². The van der Waals surface area contributed by atoms with Gasteiger partial charge in [-0.15, -0.1) is 0 Å². The number of nitrogens with zero attached hydrogens (tertiary/aromatic N) is 1. The molecule has 0 unspecified atom stereocenters. The standard InChI is InChI=1S/C12H11BrN2O6/c13-7-5-6(15(19)20)1-2-8(7)14-11(16)9-3-4-10(21-9)12(17)18/h1-2,5,9-10H,3-4H2,(H,14,16)(H,17,18)/t9-,10+/m0/s1. The van der Waals surface area contributed by atoms with E-state index in [1.165, 1.54) is 18.2 Å². The minimum atomic E-state index is -1.10. The Labute approximate surface area is 127 Å². The van der Waals surface area contributed by atoms with E-state index in [0.717, 1.165) is 0 Å². The third kappa shape index (κ3) is 3.56. The van der Waals surface area contributed by atoms with Crippen molar-refractivity contribution in [1.82, 2.24) is 0 Å². The second kappa shape index (κ2) is 6.19. The quantitative estimate of drug-likeness (QED) is 0.626. The molecule has 0 aromatic heterocycles. The van der Waals surface area contributed by atoms with Gasteiger partial charge in [-0.05, 0) is 34.8 Å². The summed E-state index contributed by atoms with van der Waals surface area (Å²) >= 11 is 3.13. The van der Waals surface area contributed by atoms with E-state index >= 15 is 0 Å². The zero-order valence-electron chi connectivity index (χ0n) is 10.6.